The van der Waals surface area contributed by atoms with E-state index in [1.54, 1.807) is 42.9 Å². The summed E-state index contributed by atoms with van der Waals surface area (Å²) in [5.41, 5.74) is 2.08. The van der Waals surface area contributed by atoms with E-state index in [4.69, 9.17) is 0 Å². The van der Waals surface area contributed by atoms with E-state index >= 15 is 0 Å². The third-order valence-corrected chi connectivity index (χ3v) is 5.37. The van der Waals surface area contributed by atoms with Gasteiger partial charge in [0.1, 0.15) is 11.6 Å². The van der Waals surface area contributed by atoms with E-state index in [0.29, 0.717) is 11.3 Å². The van der Waals surface area contributed by atoms with Gasteiger partial charge in [-0.25, -0.2) is 4.39 Å². The second kappa shape index (κ2) is 9.55. The Morgan fingerprint density at radius 3 is 2.39 bits per heavy atom. The predicted octanol–water partition coefficient (Wildman–Crippen LogP) is 4.17. The molecule has 2 N–H and O–H groups in total. The van der Waals surface area contributed by atoms with E-state index < -0.39 is 23.0 Å². The van der Waals surface area contributed by atoms with Crippen molar-refractivity contribution in [3.8, 4) is 17.0 Å². The number of halogens is 1. The fraction of sp³-hybridized carbons (Fsp3) is 0. The number of hydrogen-bond acceptors (Lipinski definition) is 6. The zero-order valence-electron chi connectivity index (χ0n) is 16.9. The minimum Gasteiger partial charge on any atom is -0.755 e. The average Bonchev–Trinajstić information content (AvgIpc) is 2.83. The molecular formula is C23H16FN4O4S-. The predicted molar refractivity (Wildman–Crippen MR) is 121 cm³/mol. The number of phenols is 1. The van der Waals surface area contributed by atoms with Crippen molar-refractivity contribution < 1.29 is 23.1 Å². The van der Waals surface area contributed by atoms with Crippen LogP contribution in [0.4, 0.5) is 21.5 Å². The Hall–Kier alpha value is -4.15. The molecule has 1 unspecified atom stereocenters. The van der Waals surface area contributed by atoms with Gasteiger partial charge in [-0.2, -0.15) is 0 Å². The van der Waals surface area contributed by atoms with Gasteiger partial charge in [0.15, 0.2) is 0 Å². The van der Waals surface area contributed by atoms with Gasteiger partial charge in [-0.15, -0.1) is 0 Å². The lowest BCUT2D eigenvalue weighted by molar-refractivity contribution is 0.102. The lowest BCUT2D eigenvalue weighted by Crippen LogP contribution is -2.20. The molecule has 8 nitrogen and oxygen atoms in total. The van der Waals surface area contributed by atoms with Gasteiger partial charge in [0, 0.05) is 29.2 Å². The van der Waals surface area contributed by atoms with Crippen LogP contribution in [0, 0.1) is 5.82 Å². The average molecular weight is 463 g/mol. The van der Waals surface area contributed by atoms with Crippen LogP contribution in [0.1, 0.15) is 10.4 Å². The zero-order valence-corrected chi connectivity index (χ0v) is 17.7. The van der Waals surface area contributed by atoms with Crippen LogP contribution in [-0.4, -0.2) is 29.7 Å². The van der Waals surface area contributed by atoms with Gasteiger partial charge < -0.3 is 15.0 Å². The summed E-state index contributed by atoms with van der Waals surface area (Å²) in [6.07, 6.45) is 4.75. The lowest BCUT2D eigenvalue weighted by atomic mass is 10.1. The van der Waals surface area contributed by atoms with Crippen LogP contribution in [0.15, 0.2) is 85.3 Å². The number of nitrogens with one attached hydrogen (secondary N) is 1. The SMILES string of the molecule is O=C(Nc1ccc(O)c(N(c2ccc(F)cc2)S(=O)[O-])c1)c1ccc(-c2cnccn2)cc1. The van der Waals surface area contributed by atoms with Crippen LogP contribution in [0.2, 0.25) is 0 Å². The maximum atomic E-state index is 13.2. The zero-order chi connectivity index (χ0) is 23.4. The van der Waals surface area contributed by atoms with Gasteiger partial charge in [-0.3, -0.25) is 23.3 Å². The highest BCUT2D eigenvalue weighted by Crippen LogP contribution is 2.36. The summed E-state index contributed by atoms with van der Waals surface area (Å²) < 4.78 is 37.8. The highest BCUT2D eigenvalue weighted by atomic mass is 32.2. The maximum Gasteiger partial charge on any atom is 0.255 e. The molecule has 1 aromatic heterocycles. The Bertz CT molecular complexity index is 1300. The Balaban J connectivity index is 1.58. The molecule has 10 heteroatoms. The van der Waals surface area contributed by atoms with Crippen LogP contribution in [0.25, 0.3) is 11.3 Å². The molecule has 0 aliphatic heterocycles. The molecule has 3 aromatic carbocycles. The van der Waals surface area contributed by atoms with Gasteiger partial charge in [0.25, 0.3) is 5.91 Å². The minimum absolute atomic E-state index is 0.106. The Kier molecular flexibility index (Phi) is 6.38. The summed E-state index contributed by atoms with van der Waals surface area (Å²) in [4.78, 5) is 20.9. The van der Waals surface area contributed by atoms with Gasteiger partial charge in [-0.1, -0.05) is 12.1 Å². The number of carbonyl (C=O) groups is 1. The highest BCUT2D eigenvalue weighted by Gasteiger charge is 2.17. The van der Waals surface area contributed by atoms with Crippen molar-refractivity contribution in [2.45, 2.75) is 0 Å². The van der Waals surface area contributed by atoms with E-state index in [1.807, 2.05) is 0 Å². The molecule has 33 heavy (non-hydrogen) atoms. The monoisotopic (exact) mass is 463 g/mol. The van der Waals surface area contributed by atoms with Gasteiger partial charge in [0.2, 0.25) is 0 Å². The van der Waals surface area contributed by atoms with Crippen LogP contribution in [0.5, 0.6) is 5.75 Å². The number of phenolic OH excluding ortho intramolecular Hbond substituents is 1. The first-order valence-corrected chi connectivity index (χ1v) is 10.6. The van der Waals surface area contributed by atoms with E-state index in [1.165, 1.54) is 30.3 Å². The van der Waals surface area contributed by atoms with Crippen molar-refractivity contribution >= 4 is 34.2 Å². The van der Waals surface area contributed by atoms with Crippen LogP contribution >= 0.6 is 0 Å². The summed E-state index contributed by atoms with van der Waals surface area (Å²) >= 11 is -2.82. The second-order valence-electron chi connectivity index (χ2n) is 6.81. The largest absolute Gasteiger partial charge is 0.755 e. The highest BCUT2D eigenvalue weighted by molar-refractivity contribution is 7.81. The minimum atomic E-state index is -2.82. The number of anilines is 3. The molecule has 0 aliphatic carbocycles. The molecule has 1 atom stereocenters. The number of aromatic hydroxyl groups is 1. The molecule has 0 bridgehead atoms. The molecule has 0 fully saturated rings. The smallest absolute Gasteiger partial charge is 0.255 e. The number of nitrogens with zero attached hydrogens (tertiary/aromatic N) is 3. The molecule has 4 aromatic rings. The summed E-state index contributed by atoms with van der Waals surface area (Å²) in [6, 6.07) is 15.4. The van der Waals surface area contributed by atoms with Gasteiger partial charge >= 0.3 is 0 Å². The molecule has 1 amide bonds. The van der Waals surface area contributed by atoms with Gasteiger partial charge in [-0.05, 0) is 54.6 Å². The van der Waals surface area contributed by atoms with E-state index in [2.05, 4.69) is 15.3 Å². The topological polar surface area (TPSA) is 118 Å². The number of hydrogen-bond donors (Lipinski definition) is 2. The van der Waals surface area contributed by atoms with Crippen molar-refractivity contribution in [1.82, 2.24) is 9.97 Å². The molecule has 0 radical (unpaired) electrons. The van der Waals surface area contributed by atoms with E-state index in [-0.39, 0.29) is 22.8 Å². The van der Waals surface area contributed by atoms with Crippen LogP contribution < -0.4 is 9.62 Å². The first-order valence-electron chi connectivity index (χ1n) is 9.58. The first kappa shape index (κ1) is 22.1. The van der Waals surface area contributed by atoms with Crippen LogP contribution in [-0.2, 0) is 11.3 Å². The van der Waals surface area contributed by atoms with Crippen molar-refractivity contribution in [3.63, 3.8) is 0 Å². The molecule has 1 heterocycles. The number of aromatic nitrogens is 2. The summed E-state index contributed by atoms with van der Waals surface area (Å²) in [5, 5.41) is 12.9. The number of carbonyl (C=O) groups excluding carboxylic acids is 1. The molecular weight excluding hydrogens is 447 g/mol. The summed E-state index contributed by atoms with van der Waals surface area (Å²) in [6.45, 7) is 0. The molecule has 0 aliphatic rings. The Labute approximate surface area is 190 Å². The van der Waals surface area contributed by atoms with Crippen molar-refractivity contribution in [1.29, 1.82) is 0 Å². The number of rotatable bonds is 6. The van der Waals surface area contributed by atoms with Crippen molar-refractivity contribution in [2.24, 2.45) is 0 Å². The normalized spacial score (nSPS) is 11.6. The molecule has 166 valence electrons. The Morgan fingerprint density at radius 2 is 1.76 bits per heavy atom. The molecule has 0 saturated heterocycles. The Morgan fingerprint density at radius 1 is 1.03 bits per heavy atom. The van der Waals surface area contributed by atoms with Crippen molar-refractivity contribution in [3.05, 3.63) is 96.7 Å². The fourth-order valence-electron chi connectivity index (χ4n) is 3.09. The quantitative estimate of drug-likeness (QED) is 0.327. The number of benzene rings is 3. The molecule has 0 saturated carbocycles. The fourth-order valence-corrected chi connectivity index (χ4v) is 3.69. The van der Waals surface area contributed by atoms with E-state index in [0.717, 1.165) is 22.0 Å². The van der Waals surface area contributed by atoms with Gasteiger partial charge in [0.05, 0.1) is 34.5 Å². The lowest BCUT2D eigenvalue weighted by Gasteiger charge is -2.27. The first-order chi connectivity index (χ1) is 15.9. The summed E-state index contributed by atoms with van der Waals surface area (Å²) in [7, 11) is 0. The second-order valence-corrected chi connectivity index (χ2v) is 7.61. The standard InChI is InChI=1S/C23H17FN4O4S/c24-17-5-8-19(9-6-17)28(33(31)32)21-13-18(7-10-22(21)29)27-23(30)16-3-1-15(2-4-16)20-14-25-11-12-26-20/h1-14,29H,(H,27,30)(H,31,32)/p-1. The third-order valence-electron chi connectivity index (χ3n) is 4.67. The molecule has 4 rings (SSSR count). The summed E-state index contributed by atoms with van der Waals surface area (Å²) in [5.74, 6) is -1.31. The van der Waals surface area contributed by atoms with E-state index in [9.17, 15) is 23.1 Å². The maximum absolute atomic E-state index is 13.2. The van der Waals surface area contributed by atoms with Crippen molar-refractivity contribution in [2.75, 3.05) is 9.62 Å². The van der Waals surface area contributed by atoms with Crippen LogP contribution in [0.3, 0.4) is 0 Å². The molecule has 0 spiro atoms. The third kappa shape index (κ3) is 5.03. The number of amides is 1.